The Morgan fingerprint density at radius 1 is 0.444 bits per heavy atom. The molecule has 0 aromatic carbocycles. The van der Waals surface area contributed by atoms with E-state index < -0.39 is 7.59 Å². The van der Waals surface area contributed by atoms with E-state index in [9.17, 15) is 0 Å². The fourth-order valence-electron chi connectivity index (χ4n) is 0.166. The molecule has 0 fully saturated rings. The van der Waals surface area contributed by atoms with Crippen LogP contribution in [0, 0.1) is 0 Å². The van der Waals surface area contributed by atoms with E-state index in [0.29, 0.717) is 0 Å². The average molecular weight is 498 g/mol. The molecular formula is C6Cl12. The summed E-state index contributed by atoms with van der Waals surface area (Å²) < 4.78 is -4.05. The van der Waals surface area contributed by atoms with Crippen LogP contribution in [0.25, 0.3) is 0 Å². The molecule has 0 aliphatic carbocycles. The van der Waals surface area contributed by atoms with E-state index in [1.54, 1.807) is 0 Å². The lowest BCUT2D eigenvalue weighted by Crippen LogP contribution is -2.23. The molecule has 0 amide bonds. The summed E-state index contributed by atoms with van der Waals surface area (Å²) in [5.74, 6) is 0. The molecule has 0 saturated carbocycles. The molecule has 0 aliphatic rings. The number of allylic oxidation sites excluding steroid dienone is 2. The lowest BCUT2D eigenvalue weighted by molar-refractivity contribution is 1.10. The number of hydrogen-bond donors (Lipinski definition) is 0. The zero-order valence-corrected chi connectivity index (χ0v) is 16.6. The minimum atomic E-state index is -1.85. The predicted molar refractivity (Wildman–Crippen MR) is 89.8 cm³/mol. The molecule has 0 nitrogen and oxygen atoms in total. The molecule has 18 heavy (non-hydrogen) atoms. The molecule has 0 N–H and O–H groups in total. The van der Waals surface area contributed by atoms with Crippen molar-refractivity contribution in [2.24, 2.45) is 0 Å². The monoisotopic (exact) mass is 492 g/mol. The number of alkyl halides is 6. The summed E-state index contributed by atoms with van der Waals surface area (Å²) in [5, 5.41) is -0.130. The molecule has 12 heteroatoms. The first kappa shape index (κ1) is 23.2. The first-order valence-corrected chi connectivity index (χ1v) is 7.80. The van der Waals surface area contributed by atoms with Gasteiger partial charge in [-0.2, -0.15) is 0 Å². The predicted octanol–water partition coefficient (Wildman–Crippen LogP) is 8.48. The average Bonchev–Trinajstić information content (AvgIpc) is 2.12. The number of hydrogen-bond acceptors (Lipinski definition) is 0. The van der Waals surface area contributed by atoms with Gasteiger partial charge in [0.1, 0.15) is 8.98 Å². The summed E-state index contributed by atoms with van der Waals surface area (Å²) in [6.07, 6.45) is 0. The van der Waals surface area contributed by atoms with E-state index in [0.717, 1.165) is 0 Å². The van der Waals surface area contributed by atoms with Crippen LogP contribution in [0.1, 0.15) is 0 Å². The van der Waals surface area contributed by atoms with Crippen molar-refractivity contribution in [1.82, 2.24) is 0 Å². The first-order chi connectivity index (χ1) is 7.71. The van der Waals surface area contributed by atoms with Crippen LogP contribution >= 0.6 is 139 Å². The van der Waals surface area contributed by atoms with Gasteiger partial charge in [-0.3, -0.25) is 0 Å². The molecule has 0 aromatic rings. The second-order valence-electron chi connectivity index (χ2n) is 2.14. The highest BCUT2D eigenvalue weighted by Gasteiger charge is 2.43. The Labute approximate surface area is 164 Å². The number of rotatable bonds is 1. The number of halogens is 12. The topological polar surface area (TPSA) is 0 Å². The van der Waals surface area contributed by atoms with Gasteiger partial charge in [-0.05, 0) is 0 Å². The molecule has 0 bridgehead atoms. The molecule has 0 heterocycles. The molecular weight excluding hydrogens is 498 g/mol. The Morgan fingerprint density at radius 3 is 0.667 bits per heavy atom. The van der Waals surface area contributed by atoms with Gasteiger partial charge in [0.25, 0.3) is 0 Å². The second-order valence-corrected chi connectivity index (χ2v) is 9.36. The third kappa shape index (κ3) is 10.7. The van der Waals surface area contributed by atoms with Crippen LogP contribution in [0.15, 0.2) is 19.0 Å². The van der Waals surface area contributed by atoms with Gasteiger partial charge in [0.15, 0.2) is 0 Å². The zero-order valence-electron chi connectivity index (χ0n) is 7.54. The maximum atomic E-state index is 5.42. The van der Waals surface area contributed by atoms with Crippen molar-refractivity contribution >= 4 is 139 Å². The van der Waals surface area contributed by atoms with Crippen LogP contribution in [-0.4, -0.2) is 7.59 Å². The summed E-state index contributed by atoms with van der Waals surface area (Å²) in [5.41, 5.74) is 0. The van der Waals surface area contributed by atoms with Gasteiger partial charge >= 0.3 is 0 Å². The van der Waals surface area contributed by atoms with Gasteiger partial charge in [-0.15, -0.1) is 0 Å². The smallest absolute Gasteiger partial charge is 0.0800 e. The molecule has 0 atom stereocenters. The van der Waals surface area contributed by atoms with E-state index in [1.165, 1.54) is 0 Å². The summed E-state index contributed by atoms with van der Waals surface area (Å²) in [7, 11) is 0. The van der Waals surface area contributed by atoms with E-state index >= 15 is 0 Å². The van der Waals surface area contributed by atoms with E-state index in [4.69, 9.17) is 139 Å². The molecule has 0 aromatic heterocycles. The maximum Gasteiger partial charge on any atom is 0.236 e. The van der Waals surface area contributed by atoms with Crippen molar-refractivity contribution in [2.75, 3.05) is 0 Å². The standard InChI is InChI=1S/C4Cl6.C2Cl6/c5-1(3(7)8)2(6)4(9)10;3-1(4,5)2(6,7)8. The maximum absolute atomic E-state index is 5.42. The van der Waals surface area contributed by atoms with Crippen molar-refractivity contribution in [2.45, 2.75) is 7.59 Å². The minimum Gasteiger partial charge on any atom is -0.0800 e. The fourth-order valence-corrected chi connectivity index (χ4v) is 0.926. The van der Waals surface area contributed by atoms with Crippen molar-refractivity contribution in [1.29, 1.82) is 0 Å². The van der Waals surface area contributed by atoms with Crippen LogP contribution in [0.4, 0.5) is 0 Å². The Balaban J connectivity index is 0. The van der Waals surface area contributed by atoms with Gasteiger partial charge in [-0.25, -0.2) is 0 Å². The van der Waals surface area contributed by atoms with Crippen LogP contribution in [0.5, 0.6) is 0 Å². The van der Waals surface area contributed by atoms with Crippen LogP contribution in [0.3, 0.4) is 0 Å². The Kier molecular flexibility index (Phi) is 12.7. The van der Waals surface area contributed by atoms with Crippen LogP contribution in [-0.2, 0) is 0 Å². The second kappa shape index (κ2) is 9.87. The summed E-state index contributed by atoms with van der Waals surface area (Å²) in [6, 6.07) is 0. The van der Waals surface area contributed by atoms with Gasteiger partial charge in [-0.1, -0.05) is 139 Å². The van der Waals surface area contributed by atoms with E-state index in [-0.39, 0.29) is 19.0 Å². The van der Waals surface area contributed by atoms with Crippen molar-refractivity contribution in [3.05, 3.63) is 19.0 Å². The SMILES string of the molecule is ClC(Cl)(Cl)C(Cl)(Cl)Cl.ClC(Cl)=C(Cl)C(Cl)=C(Cl)Cl. The van der Waals surface area contributed by atoms with Gasteiger partial charge < -0.3 is 0 Å². The van der Waals surface area contributed by atoms with Gasteiger partial charge in [0.05, 0.1) is 10.1 Å². The summed E-state index contributed by atoms with van der Waals surface area (Å²) in [6.45, 7) is 0. The molecule has 0 unspecified atom stereocenters. The molecule has 0 rings (SSSR count). The third-order valence-electron chi connectivity index (χ3n) is 0.846. The minimum absolute atomic E-state index is 0.0648. The lowest BCUT2D eigenvalue weighted by atomic mass is 10.6. The van der Waals surface area contributed by atoms with Crippen molar-refractivity contribution in [3.63, 3.8) is 0 Å². The Morgan fingerprint density at radius 2 is 0.611 bits per heavy atom. The molecule has 0 radical (unpaired) electrons. The largest absolute Gasteiger partial charge is 0.236 e. The molecule has 0 spiro atoms. The molecule has 0 saturated heterocycles. The van der Waals surface area contributed by atoms with E-state index in [2.05, 4.69) is 0 Å². The van der Waals surface area contributed by atoms with Gasteiger partial charge in [0.2, 0.25) is 7.59 Å². The summed E-state index contributed by atoms with van der Waals surface area (Å²) >= 11 is 62.7. The Hall–Kier alpha value is 2.96. The molecule has 0 aliphatic heterocycles. The van der Waals surface area contributed by atoms with Crippen LogP contribution < -0.4 is 0 Å². The molecule has 108 valence electrons. The van der Waals surface area contributed by atoms with E-state index in [1.807, 2.05) is 0 Å². The highest BCUT2D eigenvalue weighted by molar-refractivity contribution is 6.83. The first-order valence-electron chi connectivity index (χ1n) is 3.27. The quantitative estimate of drug-likeness (QED) is 0.252. The Bertz CT molecular complexity index is 285. The normalized spacial score (nSPS) is 11.3. The zero-order chi connectivity index (χ0) is 15.3. The third-order valence-corrected chi connectivity index (χ3v) is 5.41. The fraction of sp³-hybridized carbons (Fsp3) is 0.333. The van der Waals surface area contributed by atoms with Crippen molar-refractivity contribution in [3.8, 4) is 0 Å². The summed E-state index contributed by atoms with van der Waals surface area (Å²) in [4.78, 5) is 0. The lowest BCUT2D eigenvalue weighted by Gasteiger charge is -2.19. The van der Waals surface area contributed by atoms with Crippen LogP contribution in [0.2, 0.25) is 0 Å². The highest BCUT2D eigenvalue weighted by atomic mass is 35.6. The van der Waals surface area contributed by atoms with Gasteiger partial charge in [0, 0.05) is 0 Å². The van der Waals surface area contributed by atoms with Crippen molar-refractivity contribution < 1.29 is 0 Å². The highest BCUT2D eigenvalue weighted by Crippen LogP contribution is 2.48.